The summed E-state index contributed by atoms with van der Waals surface area (Å²) < 4.78 is 16.0. The Morgan fingerprint density at radius 2 is 1.71 bits per heavy atom. The van der Waals surface area contributed by atoms with Gasteiger partial charge in [-0.05, 0) is 31.2 Å². The van der Waals surface area contributed by atoms with Crippen molar-refractivity contribution >= 4 is 17.3 Å². The topological polar surface area (TPSA) is 155 Å². The maximum Gasteiger partial charge on any atom is 0.231 e. The Bertz CT molecular complexity index is 708. The zero-order valence-electron chi connectivity index (χ0n) is 15.1. The van der Waals surface area contributed by atoms with E-state index < -0.39 is 61.0 Å². The lowest BCUT2D eigenvalue weighted by molar-refractivity contribution is -0.277. The summed E-state index contributed by atoms with van der Waals surface area (Å²) in [6, 6.07) is 5.51. The Morgan fingerprint density at radius 1 is 1.04 bits per heavy atom. The number of anilines is 1. The lowest BCUT2D eigenvalue weighted by Gasteiger charge is -2.39. The molecule has 10 nitrogen and oxygen atoms in total. The number of ketones is 2. The van der Waals surface area contributed by atoms with Crippen LogP contribution in [0.15, 0.2) is 24.3 Å². The first-order chi connectivity index (χ1) is 13.4. The van der Waals surface area contributed by atoms with Crippen molar-refractivity contribution in [1.82, 2.24) is 0 Å². The van der Waals surface area contributed by atoms with E-state index in [1.807, 2.05) is 0 Å². The number of carbonyl (C=O) groups is 2. The fourth-order valence-electron chi connectivity index (χ4n) is 3.09. The van der Waals surface area contributed by atoms with Crippen LogP contribution in [0.25, 0.3) is 0 Å². The average Bonchev–Trinajstić information content (AvgIpc) is 2.71. The maximum absolute atomic E-state index is 11.7. The van der Waals surface area contributed by atoms with Gasteiger partial charge < -0.3 is 40.0 Å². The summed E-state index contributed by atoms with van der Waals surface area (Å²) >= 11 is 0. The van der Waals surface area contributed by atoms with Crippen LogP contribution >= 0.6 is 0 Å². The van der Waals surface area contributed by atoms with Gasteiger partial charge >= 0.3 is 0 Å². The van der Waals surface area contributed by atoms with Crippen molar-refractivity contribution in [3.05, 3.63) is 24.3 Å². The molecule has 10 heteroatoms. The molecule has 1 aromatic carbocycles. The zero-order chi connectivity index (χ0) is 20.4. The number of benzene rings is 1. The molecule has 1 aromatic rings. The second-order valence-electron chi connectivity index (χ2n) is 6.57. The van der Waals surface area contributed by atoms with Gasteiger partial charge in [0, 0.05) is 12.3 Å². The highest BCUT2D eigenvalue weighted by molar-refractivity contribution is 6.49. The van der Waals surface area contributed by atoms with Gasteiger partial charge in [-0.15, -0.1) is 0 Å². The van der Waals surface area contributed by atoms with E-state index in [0.717, 1.165) is 0 Å². The van der Waals surface area contributed by atoms with Crippen molar-refractivity contribution < 1.29 is 44.2 Å². The molecule has 7 atom stereocenters. The molecule has 154 valence electrons. The third kappa shape index (κ3) is 3.88. The summed E-state index contributed by atoms with van der Waals surface area (Å²) in [7, 11) is 0. The van der Waals surface area contributed by atoms with Gasteiger partial charge in [-0.1, -0.05) is 0 Å². The molecule has 28 heavy (non-hydrogen) atoms. The highest BCUT2D eigenvalue weighted by atomic mass is 16.7. The number of carbonyl (C=O) groups excluding carboxylic acids is 2. The van der Waals surface area contributed by atoms with Crippen LogP contribution in [-0.2, 0) is 19.1 Å². The molecule has 1 saturated heterocycles. The standard InChI is InChI=1S/C18H23NO9/c1-2-26-17-11(13(22)15(17)24)19-8-3-5-9(6-4-8)27-18-16(25)14(23)12(21)10(7-20)28-18/h3-6,10-12,14,16-21,23,25H,2,7H2,1H3. The predicted molar refractivity (Wildman–Crippen MR) is 93.7 cm³/mol. The Balaban J connectivity index is 1.61. The molecule has 0 radical (unpaired) electrons. The fourth-order valence-corrected chi connectivity index (χ4v) is 3.09. The van der Waals surface area contributed by atoms with Crippen LogP contribution in [0.5, 0.6) is 5.75 Å². The van der Waals surface area contributed by atoms with Crippen molar-refractivity contribution in [2.24, 2.45) is 0 Å². The summed E-state index contributed by atoms with van der Waals surface area (Å²) in [5.74, 6) is -0.811. The van der Waals surface area contributed by atoms with Crippen molar-refractivity contribution in [1.29, 1.82) is 0 Å². The quantitative estimate of drug-likeness (QED) is 0.333. The number of hydrogen-bond donors (Lipinski definition) is 5. The van der Waals surface area contributed by atoms with Gasteiger partial charge in [0.15, 0.2) is 6.10 Å². The van der Waals surface area contributed by atoms with Gasteiger partial charge in [0.2, 0.25) is 17.9 Å². The lowest BCUT2D eigenvalue weighted by atomic mass is 9.85. The summed E-state index contributed by atoms with van der Waals surface area (Å²) in [5.41, 5.74) is 0.553. The summed E-state index contributed by atoms with van der Waals surface area (Å²) in [6.45, 7) is 1.49. The van der Waals surface area contributed by atoms with Gasteiger partial charge in [0.25, 0.3) is 0 Å². The third-order valence-electron chi connectivity index (χ3n) is 4.71. The lowest BCUT2D eigenvalue weighted by Crippen LogP contribution is -2.62. The zero-order valence-corrected chi connectivity index (χ0v) is 15.1. The van der Waals surface area contributed by atoms with Gasteiger partial charge in [0.1, 0.15) is 36.2 Å². The molecular formula is C18H23NO9. The number of aliphatic hydroxyl groups is 4. The molecule has 0 spiro atoms. The van der Waals surface area contributed by atoms with E-state index in [0.29, 0.717) is 12.3 Å². The minimum absolute atomic E-state index is 0.284. The Morgan fingerprint density at radius 3 is 2.32 bits per heavy atom. The van der Waals surface area contributed by atoms with Gasteiger partial charge in [-0.3, -0.25) is 9.59 Å². The van der Waals surface area contributed by atoms with Crippen LogP contribution in [0.1, 0.15) is 6.92 Å². The molecule has 0 aromatic heterocycles. The van der Waals surface area contributed by atoms with E-state index in [9.17, 15) is 30.0 Å². The van der Waals surface area contributed by atoms with E-state index in [4.69, 9.17) is 14.2 Å². The predicted octanol–water partition coefficient (Wildman–Crippen LogP) is -1.80. The van der Waals surface area contributed by atoms with Crippen molar-refractivity contribution in [2.45, 2.75) is 49.8 Å². The van der Waals surface area contributed by atoms with E-state index in [2.05, 4.69) is 5.32 Å². The summed E-state index contributed by atoms with van der Waals surface area (Å²) in [5, 5.41) is 41.7. The number of hydrogen-bond acceptors (Lipinski definition) is 10. The van der Waals surface area contributed by atoms with Crippen molar-refractivity contribution in [3.8, 4) is 5.75 Å². The maximum atomic E-state index is 11.7. The minimum atomic E-state index is -1.53. The Kier molecular flexibility index (Phi) is 6.28. The molecule has 1 aliphatic heterocycles. The van der Waals surface area contributed by atoms with E-state index in [1.165, 1.54) is 12.1 Å². The highest BCUT2D eigenvalue weighted by Crippen LogP contribution is 2.26. The largest absolute Gasteiger partial charge is 0.462 e. The highest BCUT2D eigenvalue weighted by Gasteiger charge is 2.50. The normalized spacial score (nSPS) is 35.4. The van der Waals surface area contributed by atoms with Crippen LogP contribution in [0.4, 0.5) is 5.69 Å². The fraction of sp³-hybridized carbons (Fsp3) is 0.556. The molecule has 1 heterocycles. The Hall–Kier alpha value is -2.08. The first kappa shape index (κ1) is 20.6. The second kappa shape index (κ2) is 8.52. The van der Waals surface area contributed by atoms with Crippen LogP contribution in [0, 0.1) is 0 Å². The number of ether oxygens (including phenoxy) is 3. The third-order valence-corrected chi connectivity index (χ3v) is 4.71. The molecule has 3 rings (SSSR count). The molecule has 7 unspecified atom stereocenters. The molecule has 0 amide bonds. The van der Waals surface area contributed by atoms with Crippen LogP contribution < -0.4 is 10.1 Å². The number of Topliss-reactive ketones (excluding diaryl/α,β-unsaturated/α-hetero) is 2. The molecule has 1 saturated carbocycles. The second-order valence-corrected chi connectivity index (χ2v) is 6.57. The van der Waals surface area contributed by atoms with E-state index >= 15 is 0 Å². The molecule has 1 aliphatic carbocycles. The van der Waals surface area contributed by atoms with Gasteiger partial charge in [0.05, 0.1) is 6.61 Å². The molecule has 2 aliphatic rings. The smallest absolute Gasteiger partial charge is 0.231 e. The van der Waals surface area contributed by atoms with Crippen LogP contribution in [0.2, 0.25) is 0 Å². The average molecular weight is 397 g/mol. The number of aliphatic hydroxyl groups excluding tert-OH is 4. The minimum Gasteiger partial charge on any atom is -0.462 e. The molecule has 5 N–H and O–H groups in total. The molecule has 0 bridgehead atoms. The SMILES string of the molecule is CCOC1C(=O)C(=O)C1Nc1ccc(OC2OC(CO)C(O)C(O)C2O)cc1. The summed E-state index contributed by atoms with van der Waals surface area (Å²) in [4.78, 5) is 23.2. The Labute approximate surface area is 160 Å². The molecule has 2 fully saturated rings. The summed E-state index contributed by atoms with van der Waals surface area (Å²) in [6.07, 6.45) is -7.67. The van der Waals surface area contributed by atoms with Gasteiger partial charge in [-0.2, -0.15) is 0 Å². The monoisotopic (exact) mass is 397 g/mol. The van der Waals surface area contributed by atoms with Gasteiger partial charge in [-0.25, -0.2) is 0 Å². The first-order valence-corrected chi connectivity index (χ1v) is 8.90. The number of nitrogens with one attached hydrogen (secondary N) is 1. The van der Waals surface area contributed by atoms with E-state index in [1.54, 1.807) is 19.1 Å². The first-order valence-electron chi connectivity index (χ1n) is 8.90. The van der Waals surface area contributed by atoms with E-state index in [-0.39, 0.29) is 5.75 Å². The van der Waals surface area contributed by atoms with Crippen molar-refractivity contribution in [2.75, 3.05) is 18.5 Å². The molecular weight excluding hydrogens is 374 g/mol. The van der Waals surface area contributed by atoms with Crippen molar-refractivity contribution in [3.63, 3.8) is 0 Å². The van der Waals surface area contributed by atoms with Crippen LogP contribution in [0.3, 0.4) is 0 Å². The number of rotatable bonds is 7. The van der Waals surface area contributed by atoms with Crippen LogP contribution in [-0.4, -0.2) is 88.1 Å².